The summed E-state index contributed by atoms with van der Waals surface area (Å²) >= 11 is 0. The van der Waals surface area contributed by atoms with Crippen molar-refractivity contribution in [1.29, 1.82) is 5.26 Å². The number of hydrogen-bond donors (Lipinski definition) is 3. The minimum absolute atomic E-state index is 0.0238. The molecule has 1 heterocycles. The standard InChI is InChI=1S/C17H17N3O4/c18-9-14-13(7-4-8-19-14)16(22)15(21)10-20-17(23)24-11-12-5-2-1-3-6-12/h1-8,15-16,21-22H,10-11H2,(H,20,23). The molecule has 0 spiro atoms. The molecule has 0 radical (unpaired) electrons. The number of ether oxygens (including phenoxy) is 1. The predicted octanol–water partition coefficient (Wildman–Crippen LogP) is 1.27. The van der Waals surface area contributed by atoms with Crippen LogP contribution in [0.2, 0.25) is 0 Å². The lowest BCUT2D eigenvalue weighted by molar-refractivity contribution is 0.0180. The molecule has 0 saturated heterocycles. The summed E-state index contributed by atoms with van der Waals surface area (Å²) in [6, 6.07) is 14.0. The minimum Gasteiger partial charge on any atom is -0.445 e. The van der Waals surface area contributed by atoms with Gasteiger partial charge in [-0.3, -0.25) is 0 Å². The lowest BCUT2D eigenvalue weighted by Crippen LogP contribution is -2.36. The molecule has 0 aliphatic heterocycles. The molecule has 1 aromatic heterocycles. The number of alkyl carbamates (subject to hydrolysis) is 1. The first-order valence-electron chi connectivity index (χ1n) is 7.27. The van der Waals surface area contributed by atoms with E-state index in [-0.39, 0.29) is 24.4 Å². The van der Waals surface area contributed by atoms with Crippen molar-refractivity contribution >= 4 is 6.09 Å². The zero-order valence-electron chi connectivity index (χ0n) is 12.8. The Morgan fingerprint density at radius 1 is 1.25 bits per heavy atom. The van der Waals surface area contributed by atoms with Gasteiger partial charge < -0.3 is 20.3 Å². The minimum atomic E-state index is -1.34. The Kier molecular flexibility index (Phi) is 6.25. The number of aromatic nitrogens is 1. The molecule has 0 bridgehead atoms. The largest absolute Gasteiger partial charge is 0.445 e. The van der Waals surface area contributed by atoms with Crippen LogP contribution in [0.4, 0.5) is 4.79 Å². The van der Waals surface area contributed by atoms with E-state index in [1.807, 2.05) is 36.4 Å². The first-order chi connectivity index (χ1) is 11.6. The van der Waals surface area contributed by atoms with Gasteiger partial charge in [0.2, 0.25) is 0 Å². The Balaban J connectivity index is 1.82. The van der Waals surface area contributed by atoms with Gasteiger partial charge in [-0.15, -0.1) is 0 Å². The second-order valence-corrected chi connectivity index (χ2v) is 5.01. The van der Waals surface area contributed by atoms with Crippen molar-refractivity contribution in [2.75, 3.05) is 6.54 Å². The number of aliphatic hydroxyl groups excluding tert-OH is 2. The third-order valence-corrected chi connectivity index (χ3v) is 3.30. The molecule has 0 aliphatic carbocycles. The summed E-state index contributed by atoms with van der Waals surface area (Å²) in [6.07, 6.45) is -1.94. The summed E-state index contributed by atoms with van der Waals surface area (Å²) < 4.78 is 5.00. The van der Waals surface area contributed by atoms with Crippen LogP contribution in [0.1, 0.15) is 22.9 Å². The predicted molar refractivity (Wildman–Crippen MR) is 84.5 cm³/mol. The highest BCUT2D eigenvalue weighted by Crippen LogP contribution is 2.18. The highest BCUT2D eigenvalue weighted by Gasteiger charge is 2.22. The van der Waals surface area contributed by atoms with Crippen molar-refractivity contribution in [3.05, 3.63) is 65.5 Å². The zero-order valence-corrected chi connectivity index (χ0v) is 12.8. The molecular formula is C17H17N3O4. The van der Waals surface area contributed by atoms with Crippen molar-refractivity contribution in [2.45, 2.75) is 18.8 Å². The Labute approximate surface area is 139 Å². The number of pyridine rings is 1. The van der Waals surface area contributed by atoms with Gasteiger partial charge in [-0.05, 0) is 11.6 Å². The van der Waals surface area contributed by atoms with E-state index in [2.05, 4.69) is 10.3 Å². The van der Waals surface area contributed by atoms with Gasteiger partial charge in [0, 0.05) is 18.3 Å². The van der Waals surface area contributed by atoms with Crippen molar-refractivity contribution in [1.82, 2.24) is 10.3 Å². The maximum absolute atomic E-state index is 11.6. The van der Waals surface area contributed by atoms with Crippen LogP contribution in [0.15, 0.2) is 48.7 Å². The van der Waals surface area contributed by atoms with E-state index < -0.39 is 18.3 Å². The fourth-order valence-electron chi connectivity index (χ4n) is 2.03. The van der Waals surface area contributed by atoms with Gasteiger partial charge in [0.15, 0.2) is 0 Å². The van der Waals surface area contributed by atoms with E-state index in [0.717, 1.165) is 5.56 Å². The normalized spacial score (nSPS) is 12.7. The Morgan fingerprint density at radius 3 is 2.71 bits per heavy atom. The van der Waals surface area contributed by atoms with Gasteiger partial charge in [-0.1, -0.05) is 36.4 Å². The van der Waals surface area contributed by atoms with Gasteiger partial charge in [0.1, 0.15) is 30.6 Å². The molecule has 7 nitrogen and oxygen atoms in total. The maximum atomic E-state index is 11.6. The van der Waals surface area contributed by atoms with E-state index >= 15 is 0 Å². The Morgan fingerprint density at radius 2 is 2.00 bits per heavy atom. The highest BCUT2D eigenvalue weighted by atomic mass is 16.5. The summed E-state index contributed by atoms with van der Waals surface area (Å²) in [4.78, 5) is 15.4. The van der Waals surface area contributed by atoms with Crippen LogP contribution in [0.3, 0.4) is 0 Å². The summed E-state index contributed by atoms with van der Waals surface area (Å²) in [5.74, 6) is 0. The van der Waals surface area contributed by atoms with Crippen LogP contribution < -0.4 is 5.32 Å². The lowest BCUT2D eigenvalue weighted by Gasteiger charge is -2.19. The lowest BCUT2D eigenvalue weighted by atomic mass is 10.0. The highest BCUT2D eigenvalue weighted by molar-refractivity contribution is 5.67. The Hall–Kier alpha value is -2.95. The number of hydrogen-bond acceptors (Lipinski definition) is 6. The van der Waals surface area contributed by atoms with E-state index in [1.165, 1.54) is 12.3 Å². The molecule has 1 amide bonds. The molecule has 0 saturated carbocycles. The monoisotopic (exact) mass is 327 g/mol. The maximum Gasteiger partial charge on any atom is 0.407 e. The molecular weight excluding hydrogens is 310 g/mol. The average molecular weight is 327 g/mol. The zero-order chi connectivity index (χ0) is 17.4. The van der Waals surface area contributed by atoms with Crippen LogP contribution in [0.25, 0.3) is 0 Å². The quantitative estimate of drug-likeness (QED) is 0.736. The second-order valence-electron chi connectivity index (χ2n) is 5.01. The van der Waals surface area contributed by atoms with Crippen LogP contribution in [-0.4, -0.2) is 33.9 Å². The van der Waals surface area contributed by atoms with Gasteiger partial charge in [-0.2, -0.15) is 5.26 Å². The SMILES string of the molecule is N#Cc1ncccc1C(O)C(O)CNC(=O)OCc1ccccc1. The molecule has 24 heavy (non-hydrogen) atoms. The number of nitriles is 1. The van der Waals surface area contributed by atoms with Crippen molar-refractivity contribution in [3.8, 4) is 6.07 Å². The number of amides is 1. The van der Waals surface area contributed by atoms with Gasteiger partial charge in [-0.25, -0.2) is 9.78 Å². The number of carbonyl (C=O) groups excluding carboxylic acids is 1. The van der Waals surface area contributed by atoms with E-state index in [0.29, 0.717) is 0 Å². The van der Waals surface area contributed by atoms with Crippen LogP contribution in [0.5, 0.6) is 0 Å². The summed E-state index contributed by atoms with van der Waals surface area (Å²) in [7, 11) is 0. The van der Waals surface area contributed by atoms with Gasteiger partial charge in [0.05, 0.1) is 0 Å². The summed E-state index contributed by atoms with van der Waals surface area (Å²) in [5.41, 5.74) is 1.06. The van der Waals surface area contributed by atoms with Gasteiger partial charge >= 0.3 is 6.09 Å². The van der Waals surface area contributed by atoms with Crippen LogP contribution in [0, 0.1) is 11.3 Å². The van der Waals surface area contributed by atoms with Crippen molar-refractivity contribution in [2.24, 2.45) is 0 Å². The fraction of sp³-hybridized carbons (Fsp3) is 0.235. The molecule has 2 unspecified atom stereocenters. The summed E-state index contributed by atoms with van der Waals surface area (Å²) in [5, 5.41) is 31.4. The molecule has 1 aromatic carbocycles. The number of aliphatic hydroxyl groups is 2. The van der Waals surface area contributed by atoms with Gasteiger partial charge in [0.25, 0.3) is 0 Å². The Bertz CT molecular complexity index is 715. The molecule has 2 rings (SSSR count). The van der Waals surface area contributed by atoms with Crippen molar-refractivity contribution in [3.63, 3.8) is 0 Å². The van der Waals surface area contributed by atoms with E-state index in [4.69, 9.17) is 10.00 Å². The first-order valence-corrected chi connectivity index (χ1v) is 7.27. The molecule has 124 valence electrons. The molecule has 0 aliphatic rings. The van der Waals surface area contributed by atoms with Crippen LogP contribution in [-0.2, 0) is 11.3 Å². The average Bonchev–Trinajstić information content (AvgIpc) is 2.64. The number of benzene rings is 1. The fourth-order valence-corrected chi connectivity index (χ4v) is 2.03. The molecule has 2 aromatic rings. The smallest absolute Gasteiger partial charge is 0.407 e. The second kappa shape index (κ2) is 8.62. The number of nitrogens with one attached hydrogen (secondary N) is 1. The number of rotatable bonds is 6. The summed E-state index contributed by atoms with van der Waals surface area (Å²) in [6.45, 7) is -0.124. The number of carbonyl (C=O) groups is 1. The van der Waals surface area contributed by atoms with Crippen molar-refractivity contribution < 1.29 is 19.7 Å². The van der Waals surface area contributed by atoms with E-state index in [9.17, 15) is 15.0 Å². The van der Waals surface area contributed by atoms with E-state index in [1.54, 1.807) is 6.07 Å². The third-order valence-electron chi connectivity index (χ3n) is 3.30. The molecule has 7 heteroatoms. The topological polar surface area (TPSA) is 115 Å². The first kappa shape index (κ1) is 17.4. The number of nitrogens with zero attached hydrogens (tertiary/aromatic N) is 2. The van der Waals surface area contributed by atoms with Crippen LogP contribution >= 0.6 is 0 Å². The third kappa shape index (κ3) is 4.78. The molecule has 3 N–H and O–H groups in total. The molecule has 0 fully saturated rings. The molecule has 2 atom stereocenters.